The summed E-state index contributed by atoms with van der Waals surface area (Å²) in [6.07, 6.45) is -0.321. The highest BCUT2D eigenvalue weighted by atomic mass is 19.1. The van der Waals surface area contributed by atoms with Gasteiger partial charge in [0, 0.05) is 18.2 Å². The zero-order valence-corrected chi connectivity index (χ0v) is 15.6. The summed E-state index contributed by atoms with van der Waals surface area (Å²) >= 11 is 0. The van der Waals surface area contributed by atoms with Crippen molar-refractivity contribution in [2.75, 3.05) is 6.54 Å². The van der Waals surface area contributed by atoms with Crippen LogP contribution in [0.5, 0.6) is 0 Å². The number of rotatable bonds is 4. The Kier molecular flexibility index (Phi) is 4.68. The lowest BCUT2D eigenvalue weighted by Crippen LogP contribution is -2.45. The van der Waals surface area contributed by atoms with Crippen LogP contribution in [0, 0.1) is 25.5 Å². The highest BCUT2D eigenvalue weighted by Gasteiger charge is 2.27. The first-order valence-electron chi connectivity index (χ1n) is 9.04. The molecule has 0 unspecified atom stereocenters. The largest absolute Gasteiger partial charge is 0.347 e. The molecule has 0 fully saturated rings. The second-order valence-electron chi connectivity index (χ2n) is 7.06. The normalized spacial score (nSPS) is 16.0. The van der Waals surface area contributed by atoms with E-state index in [1.54, 1.807) is 10.7 Å². The van der Waals surface area contributed by atoms with Crippen LogP contribution in [-0.2, 0) is 6.54 Å². The van der Waals surface area contributed by atoms with Crippen molar-refractivity contribution in [3.8, 4) is 11.3 Å². The summed E-state index contributed by atoms with van der Waals surface area (Å²) in [6.45, 7) is 4.61. The Bertz CT molecular complexity index is 1040. The van der Waals surface area contributed by atoms with Crippen molar-refractivity contribution in [2.24, 2.45) is 0 Å². The minimum absolute atomic E-state index is 0.196. The number of benzene rings is 2. The Balaban J connectivity index is 1.61. The average Bonchev–Trinajstić information content (AvgIpc) is 3.06. The van der Waals surface area contributed by atoms with Gasteiger partial charge < -0.3 is 5.32 Å². The van der Waals surface area contributed by atoms with E-state index in [2.05, 4.69) is 21.8 Å². The molecule has 1 aliphatic rings. The molecule has 0 aliphatic carbocycles. The number of nitrogens with one attached hydrogen (secondary N) is 2. The first-order chi connectivity index (χ1) is 13.4. The molecule has 1 aliphatic heterocycles. The predicted octanol–water partition coefficient (Wildman–Crippen LogP) is 3.48. The molecular formula is C21H20F2N4O. The third-order valence-electron chi connectivity index (χ3n) is 4.84. The summed E-state index contributed by atoms with van der Waals surface area (Å²) in [4.78, 5) is 12.3. The van der Waals surface area contributed by atoms with Crippen LogP contribution in [0.15, 0.2) is 42.5 Å². The number of halogens is 2. The molecule has 0 bridgehead atoms. The number of hydrogen-bond acceptors (Lipinski definition) is 3. The fraction of sp³-hybridized carbons (Fsp3) is 0.238. The molecule has 1 aromatic heterocycles. The summed E-state index contributed by atoms with van der Waals surface area (Å²) in [5, 5.41) is 10.7. The van der Waals surface area contributed by atoms with Crippen LogP contribution in [0.3, 0.4) is 0 Å². The maximum atomic E-state index is 13.4. The van der Waals surface area contributed by atoms with E-state index in [9.17, 15) is 13.6 Å². The minimum atomic E-state index is -0.620. The predicted molar refractivity (Wildman–Crippen MR) is 102 cm³/mol. The first-order valence-corrected chi connectivity index (χ1v) is 9.04. The molecule has 0 saturated heterocycles. The third-order valence-corrected chi connectivity index (χ3v) is 4.84. The number of carbonyl (C=O) groups excluding carboxylic acids is 1. The van der Waals surface area contributed by atoms with E-state index in [1.165, 1.54) is 12.1 Å². The zero-order chi connectivity index (χ0) is 19.8. The Hall–Kier alpha value is -3.06. The third kappa shape index (κ3) is 3.53. The van der Waals surface area contributed by atoms with Crippen LogP contribution in [0.4, 0.5) is 8.78 Å². The molecule has 4 rings (SSSR count). The molecule has 0 spiro atoms. The van der Waals surface area contributed by atoms with Crippen molar-refractivity contribution in [3.05, 3.63) is 76.5 Å². The molecule has 5 nitrogen and oxygen atoms in total. The lowest BCUT2D eigenvalue weighted by molar-refractivity contribution is 0.0900. The van der Waals surface area contributed by atoms with Gasteiger partial charge in [0.1, 0.15) is 23.5 Å². The SMILES string of the molecule is Cc1ccc(-c2cc3n(n2)[C@@H](NCc2cc(F)cc(F)c2)CNC3=O)c(C)c1. The lowest BCUT2D eigenvalue weighted by atomic mass is 10.0. The van der Waals surface area contributed by atoms with Gasteiger partial charge in [-0.25, -0.2) is 13.5 Å². The number of aryl methyl sites for hydroxylation is 2. The van der Waals surface area contributed by atoms with E-state index < -0.39 is 11.6 Å². The molecule has 2 N–H and O–H groups in total. The maximum absolute atomic E-state index is 13.4. The molecular weight excluding hydrogens is 362 g/mol. The van der Waals surface area contributed by atoms with Crippen molar-refractivity contribution in [2.45, 2.75) is 26.6 Å². The van der Waals surface area contributed by atoms with Crippen molar-refractivity contribution in [1.82, 2.24) is 20.4 Å². The van der Waals surface area contributed by atoms with Crippen LogP contribution >= 0.6 is 0 Å². The summed E-state index contributed by atoms with van der Waals surface area (Å²) in [7, 11) is 0. The molecule has 3 aromatic rings. The molecule has 2 heterocycles. The Morgan fingerprint density at radius 1 is 1.14 bits per heavy atom. The number of carbonyl (C=O) groups is 1. The monoisotopic (exact) mass is 382 g/mol. The number of amides is 1. The molecule has 2 aromatic carbocycles. The van der Waals surface area contributed by atoms with Crippen LogP contribution in [0.2, 0.25) is 0 Å². The number of nitrogens with zero attached hydrogens (tertiary/aromatic N) is 2. The van der Waals surface area contributed by atoms with Crippen molar-refractivity contribution < 1.29 is 13.6 Å². The van der Waals surface area contributed by atoms with Crippen molar-refractivity contribution >= 4 is 5.91 Å². The minimum Gasteiger partial charge on any atom is -0.347 e. The first kappa shape index (κ1) is 18.3. The molecule has 144 valence electrons. The summed E-state index contributed by atoms with van der Waals surface area (Å²) in [5.41, 5.74) is 4.85. The number of fused-ring (bicyclic) bond motifs is 1. The average molecular weight is 382 g/mol. The quantitative estimate of drug-likeness (QED) is 0.726. The second-order valence-corrected chi connectivity index (χ2v) is 7.06. The fourth-order valence-electron chi connectivity index (χ4n) is 3.51. The fourth-order valence-corrected chi connectivity index (χ4v) is 3.51. The van der Waals surface area contributed by atoms with Crippen LogP contribution in [0.25, 0.3) is 11.3 Å². The standard InChI is InChI=1S/C21H20F2N4O/c1-12-3-4-17(13(2)5-12)18-9-19-21(28)25-11-20(27(19)26-18)24-10-14-6-15(22)8-16(23)7-14/h3-9,20,24H,10-11H2,1-2H3,(H,25,28)/t20-/m1/s1. The van der Waals surface area contributed by atoms with Crippen LogP contribution < -0.4 is 10.6 Å². The Labute approximate surface area is 161 Å². The van der Waals surface area contributed by atoms with Gasteiger partial charge >= 0.3 is 0 Å². The number of aromatic nitrogens is 2. The molecule has 0 saturated carbocycles. The van der Waals surface area contributed by atoms with Gasteiger partial charge in [-0.15, -0.1) is 0 Å². The maximum Gasteiger partial charge on any atom is 0.269 e. The van der Waals surface area contributed by atoms with Crippen LogP contribution in [0.1, 0.15) is 33.3 Å². The van der Waals surface area contributed by atoms with E-state index >= 15 is 0 Å². The second kappa shape index (κ2) is 7.16. The van der Waals surface area contributed by atoms with E-state index in [1.807, 2.05) is 26.0 Å². The van der Waals surface area contributed by atoms with Gasteiger partial charge in [-0.2, -0.15) is 5.10 Å². The van der Waals surface area contributed by atoms with Gasteiger partial charge in [0.15, 0.2) is 0 Å². The highest BCUT2D eigenvalue weighted by molar-refractivity contribution is 5.94. The highest BCUT2D eigenvalue weighted by Crippen LogP contribution is 2.26. The van der Waals surface area contributed by atoms with Gasteiger partial charge in [0.2, 0.25) is 0 Å². The number of hydrogen-bond donors (Lipinski definition) is 2. The smallest absolute Gasteiger partial charge is 0.269 e. The molecule has 1 amide bonds. The van der Waals surface area contributed by atoms with E-state index in [4.69, 9.17) is 0 Å². The topological polar surface area (TPSA) is 59.0 Å². The van der Waals surface area contributed by atoms with Crippen LogP contribution in [-0.4, -0.2) is 22.2 Å². The van der Waals surface area contributed by atoms with Gasteiger partial charge in [0.25, 0.3) is 5.91 Å². The van der Waals surface area contributed by atoms with E-state index in [0.29, 0.717) is 23.5 Å². The summed E-state index contributed by atoms with van der Waals surface area (Å²) < 4.78 is 28.4. The molecule has 7 heteroatoms. The Morgan fingerprint density at radius 3 is 2.61 bits per heavy atom. The van der Waals surface area contributed by atoms with Gasteiger partial charge in [-0.1, -0.05) is 23.8 Å². The van der Waals surface area contributed by atoms with Gasteiger partial charge in [-0.05, 0) is 43.2 Å². The Morgan fingerprint density at radius 2 is 1.89 bits per heavy atom. The lowest BCUT2D eigenvalue weighted by Gasteiger charge is -2.25. The van der Waals surface area contributed by atoms with E-state index in [0.717, 1.165) is 22.8 Å². The zero-order valence-electron chi connectivity index (χ0n) is 15.6. The van der Waals surface area contributed by atoms with Gasteiger partial charge in [-0.3, -0.25) is 10.1 Å². The summed E-state index contributed by atoms with van der Waals surface area (Å²) in [5.74, 6) is -1.44. The molecule has 0 radical (unpaired) electrons. The van der Waals surface area contributed by atoms with Crippen molar-refractivity contribution in [3.63, 3.8) is 0 Å². The van der Waals surface area contributed by atoms with E-state index in [-0.39, 0.29) is 18.6 Å². The molecule has 1 atom stereocenters. The summed E-state index contributed by atoms with van der Waals surface area (Å²) in [6, 6.07) is 11.2. The molecule has 28 heavy (non-hydrogen) atoms. The van der Waals surface area contributed by atoms with Gasteiger partial charge in [0.05, 0.1) is 12.2 Å². The van der Waals surface area contributed by atoms with Crippen molar-refractivity contribution in [1.29, 1.82) is 0 Å².